The summed E-state index contributed by atoms with van der Waals surface area (Å²) in [5.74, 6) is -0.0635. The Morgan fingerprint density at radius 1 is 1.20 bits per heavy atom. The number of alkyl halides is 3. The number of benzene rings is 1. The molecular formula is C9H4F3O3. The van der Waals surface area contributed by atoms with E-state index in [0.29, 0.717) is 0 Å². The highest BCUT2D eigenvalue weighted by Crippen LogP contribution is 2.35. The quantitative estimate of drug-likeness (QED) is 0.723. The highest BCUT2D eigenvalue weighted by atomic mass is 19.4. The van der Waals surface area contributed by atoms with Gasteiger partial charge in [0.05, 0.1) is 0 Å². The smallest absolute Gasteiger partial charge is 0.458 e. The van der Waals surface area contributed by atoms with Crippen molar-refractivity contribution in [3.63, 3.8) is 0 Å². The van der Waals surface area contributed by atoms with Gasteiger partial charge in [0.2, 0.25) is 0 Å². The Hall–Kier alpha value is -1.85. The van der Waals surface area contributed by atoms with Crippen molar-refractivity contribution in [3.8, 4) is 17.2 Å². The van der Waals surface area contributed by atoms with Crippen LogP contribution in [0.4, 0.5) is 13.2 Å². The fraction of sp³-hybridized carbons (Fsp3) is 0.111. The minimum atomic E-state index is -4.73. The first-order valence-corrected chi connectivity index (χ1v) is 3.84. The lowest BCUT2D eigenvalue weighted by atomic mass is 10.3. The number of fused-ring (bicyclic) bond motifs is 1. The Morgan fingerprint density at radius 2 is 1.93 bits per heavy atom. The summed E-state index contributed by atoms with van der Waals surface area (Å²) in [5.41, 5.74) is 0. The van der Waals surface area contributed by atoms with E-state index in [4.69, 9.17) is 9.47 Å². The summed E-state index contributed by atoms with van der Waals surface area (Å²) >= 11 is 0. The van der Waals surface area contributed by atoms with E-state index in [9.17, 15) is 13.2 Å². The van der Waals surface area contributed by atoms with Gasteiger partial charge in [0.1, 0.15) is 18.3 Å². The van der Waals surface area contributed by atoms with Crippen molar-refractivity contribution >= 4 is 0 Å². The lowest BCUT2D eigenvalue weighted by Gasteiger charge is -2.14. The summed E-state index contributed by atoms with van der Waals surface area (Å²) in [6.07, 6.45) is -2.27. The molecule has 3 nitrogen and oxygen atoms in total. The standard InChI is InChI=1S/C9H4F3O3/c10-9(11,12)15-6-1-2-7-8(5-6)14-4-3-13-7/h1,3-5H. The highest BCUT2D eigenvalue weighted by Gasteiger charge is 2.31. The van der Waals surface area contributed by atoms with Crippen LogP contribution in [0.3, 0.4) is 0 Å². The molecule has 0 atom stereocenters. The van der Waals surface area contributed by atoms with Gasteiger partial charge in [-0.1, -0.05) is 0 Å². The van der Waals surface area contributed by atoms with Crippen molar-refractivity contribution in [1.29, 1.82) is 0 Å². The second-order valence-electron chi connectivity index (χ2n) is 2.58. The highest BCUT2D eigenvalue weighted by molar-refractivity contribution is 5.46. The van der Waals surface area contributed by atoms with Crippen molar-refractivity contribution in [2.24, 2.45) is 0 Å². The van der Waals surface area contributed by atoms with Crippen molar-refractivity contribution in [1.82, 2.24) is 0 Å². The molecular weight excluding hydrogens is 213 g/mol. The van der Waals surface area contributed by atoms with Crippen LogP contribution in [-0.4, -0.2) is 6.36 Å². The van der Waals surface area contributed by atoms with Crippen LogP contribution in [0.25, 0.3) is 0 Å². The molecule has 0 spiro atoms. The Bertz CT molecular complexity index is 398. The van der Waals surface area contributed by atoms with Crippen LogP contribution in [0.5, 0.6) is 17.2 Å². The van der Waals surface area contributed by atoms with E-state index in [0.717, 1.165) is 12.1 Å². The van der Waals surface area contributed by atoms with E-state index >= 15 is 0 Å². The number of ether oxygens (including phenoxy) is 3. The molecule has 0 saturated carbocycles. The molecule has 0 fully saturated rings. The van der Waals surface area contributed by atoms with Crippen LogP contribution in [0.1, 0.15) is 0 Å². The predicted octanol–water partition coefficient (Wildman–Crippen LogP) is 2.63. The van der Waals surface area contributed by atoms with E-state index in [1.54, 1.807) is 0 Å². The monoisotopic (exact) mass is 217 g/mol. The molecule has 1 heterocycles. The number of hydrogen-bond donors (Lipinski definition) is 0. The molecule has 1 radical (unpaired) electrons. The van der Waals surface area contributed by atoms with Gasteiger partial charge in [-0.3, -0.25) is 0 Å². The second kappa shape index (κ2) is 3.38. The van der Waals surface area contributed by atoms with Gasteiger partial charge >= 0.3 is 6.36 Å². The summed E-state index contributed by atoms with van der Waals surface area (Å²) in [6, 6.07) is 4.55. The van der Waals surface area contributed by atoms with Crippen LogP contribution in [0, 0.1) is 6.07 Å². The average Bonchev–Trinajstić information content (AvgIpc) is 2.15. The van der Waals surface area contributed by atoms with Crippen LogP contribution in [0.2, 0.25) is 0 Å². The molecule has 0 saturated heterocycles. The van der Waals surface area contributed by atoms with Crippen molar-refractivity contribution in [3.05, 3.63) is 30.7 Å². The third-order valence-corrected chi connectivity index (χ3v) is 1.51. The normalized spacial score (nSPS) is 13.8. The molecule has 2 rings (SSSR count). The maximum absolute atomic E-state index is 11.9. The van der Waals surface area contributed by atoms with Crippen molar-refractivity contribution in [2.75, 3.05) is 0 Å². The SMILES string of the molecule is FC(F)(F)Oc1c[c]c2c(c1)OC=CO2. The first kappa shape index (κ1) is 9.70. The van der Waals surface area contributed by atoms with E-state index < -0.39 is 12.1 Å². The van der Waals surface area contributed by atoms with E-state index in [1.807, 2.05) is 0 Å². The van der Waals surface area contributed by atoms with Gasteiger partial charge in [-0.2, -0.15) is 0 Å². The van der Waals surface area contributed by atoms with Gasteiger partial charge in [0, 0.05) is 12.1 Å². The van der Waals surface area contributed by atoms with Crippen LogP contribution < -0.4 is 14.2 Å². The zero-order chi connectivity index (χ0) is 10.9. The fourth-order valence-electron chi connectivity index (χ4n) is 1.01. The minimum Gasteiger partial charge on any atom is -0.458 e. The number of rotatable bonds is 1. The fourth-order valence-corrected chi connectivity index (χ4v) is 1.01. The molecule has 1 aromatic rings. The molecule has 0 amide bonds. The minimum absolute atomic E-state index is 0.124. The van der Waals surface area contributed by atoms with E-state index in [-0.39, 0.29) is 11.5 Å². The van der Waals surface area contributed by atoms with Crippen LogP contribution >= 0.6 is 0 Å². The zero-order valence-electron chi connectivity index (χ0n) is 7.17. The molecule has 1 aliphatic heterocycles. The molecule has 1 aliphatic rings. The molecule has 0 N–H and O–H groups in total. The summed E-state index contributed by atoms with van der Waals surface area (Å²) < 4.78 is 49.0. The van der Waals surface area contributed by atoms with Crippen molar-refractivity contribution in [2.45, 2.75) is 6.36 Å². The summed E-state index contributed by atoms with van der Waals surface area (Å²) in [5, 5.41) is 0. The van der Waals surface area contributed by atoms with Crippen LogP contribution in [-0.2, 0) is 0 Å². The molecule has 0 bridgehead atoms. The van der Waals surface area contributed by atoms with Gasteiger partial charge in [-0.25, -0.2) is 0 Å². The van der Waals surface area contributed by atoms with Gasteiger partial charge < -0.3 is 14.2 Å². The summed E-state index contributed by atoms with van der Waals surface area (Å²) in [4.78, 5) is 0. The third kappa shape index (κ3) is 2.34. The first-order chi connectivity index (χ1) is 7.04. The molecule has 0 aliphatic carbocycles. The lowest BCUT2D eigenvalue weighted by Crippen LogP contribution is -2.17. The molecule has 1 aromatic carbocycles. The van der Waals surface area contributed by atoms with Crippen LogP contribution in [0.15, 0.2) is 24.7 Å². The molecule has 0 aromatic heterocycles. The first-order valence-electron chi connectivity index (χ1n) is 3.84. The van der Waals surface area contributed by atoms with Crippen molar-refractivity contribution < 1.29 is 27.4 Å². The van der Waals surface area contributed by atoms with E-state index in [2.05, 4.69) is 10.8 Å². The van der Waals surface area contributed by atoms with Gasteiger partial charge in [0.15, 0.2) is 11.5 Å². The molecule has 0 unspecified atom stereocenters. The summed E-state index contributed by atoms with van der Waals surface area (Å²) in [7, 11) is 0. The zero-order valence-corrected chi connectivity index (χ0v) is 7.17. The number of hydrogen-bond acceptors (Lipinski definition) is 3. The Kier molecular flexibility index (Phi) is 2.18. The summed E-state index contributed by atoms with van der Waals surface area (Å²) in [6.45, 7) is 0. The van der Waals surface area contributed by atoms with Gasteiger partial charge in [0.25, 0.3) is 0 Å². The molecule has 15 heavy (non-hydrogen) atoms. The average molecular weight is 217 g/mol. The topological polar surface area (TPSA) is 27.7 Å². The Balaban J connectivity index is 2.23. The Labute approximate surface area is 82.7 Å². The molecule has 6 heteroatoms. The second-order valence-corrected chi connectivity index (χ2v) is 2.58. The Morgan fingerprint density at radius 3 is 2.67 bits per heavy atom. The molecule has 79 valence electrons. The number of halogens is 3. The predicted molar refractivity (Wildman–Crippen MR) is 42.4 cm³/mol. The third-order valence-electron chi connectivity index (χ3n) is 1.51. The lowest BCUT2D eigenvalue weighted by molar-refractivity contribution is -0.274. The van der Waals surface area contributed by atoms with Gasteiger partial charge in [-0.05, 0) is 6.07 Å². The van der Waals surface area contributed by atoms with E-state index in [1.165, 1.54) is 12.5 Å². The van der Waals surface area contributed by atoms with Gasteiger partial charge in [-0.15, -0.1) is 13.2 Å². The largest absolute Gasteiger partial charge is 0.573 e. The maximum Gasteiger partial charge on any atom is 0.573 e. The maximum atomic E-state index is 11.9.